The summed E-state index contributed by atoms with van der Waals surface area (Å²) in [6.45, 7) is 3.86. The van der Waals surface area contributed by atoms with Crippen molar-refractivity contribution < 1.29 is 0 Å². The number of benzene rings is 1. The van der Waals surface area contributed by atoms with E-state index >= 15 is 0 Å². The summed E-state index contributed by atoms with van der Waals surface area (Å²) in [6.07, 6.45) is 5.41. The Morgan fingerprint density at radius 3 is 2.91 bits per heavy atom. The molecule has 1 fully saturated rings. The van der Waals surface area contributed by atoms with Gasteiger partial charge in [0.05, 0.1) is 24.7 Å². The van der Waals surface area contributed by atoms with Crippen LogP contribution in [0, 0.1) is 23.2 Å². The second-order valence-electron chi connectivity index (χ2n) is 8.20. The number of imidazole rings is 2. The first-order valence-corrected chi connectivity index (χ1v) is 11.0. The SMILES string of the molecule is CC#CCn1c(N2CCC[C@@H](N)C2)nc2c1c(=O)n(Cc1ccccc1C#N)c1nccn21. The Labute approximate surface area is 190 Å². The van der Waals surface area contributed by atoms with Gasteiger partial charge in [-0.05, 0) is 31.4 Å². The highest BCUT2D eigenvalue weighted by Gasteiger charge is 2.26. The number of hydrogen-bond acceptors (Lipinski definition) is 6. The zero-order valence-electron chi connectivity index (χ0n) is 18.4. The zero-order chi connectivity index (χ0) is 22.9. The third kappa shape index (κ3) is 3.53. The lowest BCUT2D eigenvalue weighted by molar-refractivity contribution is 0.496. The second kappa shape index (κ2) is 8.45. The Morgan fingerprint density at radius 1 is 1.27 bits per heavy atom. The normalized spacial score (nSPS) is 16.0. The highest BCUT2D eigenvalue weighted by atomic mass is 16.1. The molecule has 166 valence electrons. The van der Waals surface area contributed by atoms with E-state index < -0.39 is 0 Å². The predicted octanol–water partition coefficient (Wildman–Crippen LogP) is 1.72. The fourth-order valence-corrected chi connectivity index (χ4v) is 4.51. The minimum Gasteiger partial charge on any atom is -0.341 e. The van der Waals surface area contributed by atoms with Crippen molar-refractivity contribution in [3.8, 4) is 17.9 Å². The molecule has 9 nitrogen and oxygen atoms in total. The molecule has 0 aliphatic carbocycles. The topological polar surface area (TPSA) is 110 Å². The van der Waals surface area contributed by atoms with Crippen LogP contribution in [0.4, 0.5) is 5.95 Å². The number of hydrogen-bond donors (Lipinski definition) is 1. The van der Waals surface area contributed by atoms with E-state index in [4.69, 9.17) is 10.7 Å². The maximum Gasteiger partial charge on any atom is 0.281 e. The van der Waals surface area contributed by atoms with Gasteiger partial charge in [0.1, 0.15) is 0 Å². The predicted molar refractivity (Wildman–Crippen MR) is 126 cm³/mol. The van der Waals surface area contributed by atoms with Gasteiger partial charge in [0, 0.05) is 31.5 Å². The molecule has 0 unspecified atom stereocenters. The highest BCUT2D eigenvalue weighted by molar-refractivity contribution is 5.77. The summed E-state index contributed by atoms with van der Waals surface area (Å²) in [5.74, 6) is 7.19. The lowest BCUT2D eigenvalue weighted by atomic mass is 10.1. The number of piperidine rings is 1. The molecule has 1 aliphatic heterocycles. The molecule has 1 saturated heterocycles. The maximum absolute atomic E-state index is 13.9. The molecule has 4 aromatic rings. The van der Waals surface area contributed by atoms with Gasteiger partial charge in [0.15, 0.2) is 11.2 Å². The average Bonchev–Trinajstić information content (AvgIpc) is 3.46. The van der Waals surface area contributed by atoms with Gasteiger partial charge in [-0.1, -0.05) is 24.1 Å². The van der Waals surface area contributed by atoms with Crippen molar-refractivity contribution in [2.24, 2.45) is 5.73 Å². The van der Waals surface area contributed by atoms with Crippen molar-refractivity contribution >= 4 is 22.9 Å². The molecule has 3 aromatic heterocycles. The number of nitriles is 1. The summed E-state index contributed by atoms with van der Waals surface area (Å²) in [6, 6.07) is 9.56. The standard InChI is InChI=1S/C24H24N8O/c1-2-3-12-30-20-21(28-24(30)29-11-6-9-19(26)16-29)31-13-10-27-23(31)32(22(20)33)15-18-8-5-4-7-17(18)14-25/h4-5,7-8,10,13,19H,6,9,11-12,15-16,26H2,1H3/t19-/m1/s1. The summed E-state index contributed by atoms with van der Waals surface area (Å²) >= 11 is 0. The van der Waals surface area contributed by atoms with Crippen molar-refractivity contribution in [3.05, 3.63) is 58.1 Å². The van der Waals surface area contributed by atoms with Gasteiger partial charge >= 0.3 is 0 Å². The molecule has 2 N–H and O–H groups in total. The van der Waals surface area contributed by atoms with Gasteiger partial charge in [0.25, 0.3) is 5.56 Å². The first-order valence-electron chi connectivity index (χ1n) is 11.0. The van der Waals surface area contributed by atoms with Crippen molar-refractivity contribution in [3.63, 3.8) is 0 Å². The van der Waals surface area contributed by atoms with E-state index in [9.17, 15) is 10.1 Å². The summed E-state index contributed by atoms with van der Waals surface area (Å²) < 4.78 is 5.31. The molecule has 1 aromatic carbocycles. The number of fused-ring (bicyclic) bond motifs is 3. The molecule has 0 radical (unpaired) electrons. The van der Waals surface area contributed by atoms with Crippen molar-refractivity contribution in [2.45, 2.75) is 38.9 Å². The Bertz CT molecular complexity index is 1510. The highest BCUT2D eigenvalue weighted by Crippen LogP contribution is 2.24. The van der Waals surface area contributed by atoms with E-state index in [2.05, 4.69) is 27.8 Å². The molecule has 0 saturated carbocycles. The van der Waals surface area contributed by atoms with E-state index in [0.29, 0.717) is 41.5 Å². The van der Waals surface area contributed by atoms with Gasteiger partial charge in [-0.3, -0.25) is 18.3 Å². The van der Waals surface area contributed by atoms with Crippen LogP contribution < -0.4 is 16.2 Å². The quantitative estimate of drug-likeness (QED) is 0.484. The molecule has 5 rings (SSSR count). The van der Waals surface area contributed by atoms with Crippen molar-refractivity contribution in [1.29, 1.82) is 5.26 Å². The average molecular weight is 441 g/mol. The molecular formula is C24H24N8O. The van der Waals surface area contributed by atoms with E-state index in [-0.39, 0.29) is 18.1 Å². The number of nitrogens with zero attached hydrogens (tertiary/aromatic N) is 7. The third-order valence-corrected chi connectivity index (χ3v) is 6.09. The summed E-state index contributed by atoms with van der Waals surface area (Å²) in [4.78, 5) is 25.3. The molecular weight excluding hydrogens is 416 g/mol. The van der Waals surface area contributed by atoms with E-state index in [1.54, 1.807) is 30.0 Å². The number of nitrogens with two attached hydrogens (primary N) is 1. The van der Waals surface area contributed by atoms with Gasteiger partial charge in [0.2, 0.25) is 11.7 Å². The number of anilines is 1. The smallest absolute Gasteiger partial charge is 0.281 e. The molecule has 33 heavy (non-hydrogen) atoms. The van der Waals surface area contributed by atoms with Crippen molar-refractivity contribution in [1.82, 2.24) is 23.5 Å². The lowest BCUT2D eigenvalue weighted by Gasteiger charge is -2.31. The molecule has 1 atom stereocenters. The zero-order valence-corrected chi connectivity index (χ0v) is 18.4. The van der Waals surface area contributed by atoms with Crippen LogP contribution in [0.15, 0.2) is 41.5 Å². The maximum atomic E-state index is 13.9. The molecule has 4 heterocycles. The Morgan fingerprint density at radius 2 is 2.12 bits per heavy atom. The fourth-order valence-electron chi connectivity index (χ4n) is 4.51. The first-order chi connectivity index (χ1) is 16.1. The Balaban J connectivity index is 1.76. The minimum absolute atomic E-state index is 0.0664. The van der Waals surface area contributed by atoms with Crippen LogP contribution in [-0.2, 0) is 13.1 Å². The minimum atomic E-state index is -0.214. The third-order valence-electron chi connectivity index (χ3n) is 6.09. The molecule has 1 aliphatic rings. The summed E-state index contributed by atoms with van der Waals surface area (Å²) in [5, 5.41) is 9.52. The Hall–Kier alpha value is -4.08. The largest absolute Gasteiger partial charge is 0.341 e. The fraction of sp³-hybridized carbons (Fsp3) is 0.333. The first kappa shape index (κ1) is 20.8. The molecule has 0 spiro atoms. The molecule has 0 bridgehead atoms. The van der Waals surface area contributed by atoms with E-state index in [0.717, 1.165) is 24.9 Å². The molecule has 0 amide bonds. The van der Waals surface area contributed by atoms with E-state index in [1.165, 1.54) is 0 Å². The van der Waals surface area contributed by atoms with Crippen LogP contribution in [0.1, 0.15) is 30.9 Å². The number of aromatic nitrogens is 5. The summed E-state index contributed by atoms with van der Waals surface area (Å²) in [7, 11) is 0. The van der Waals surface area contributed by atoms with Crippen LogP contribution in [0.25, 0.3) is 16.9 Å². The molecule has 9 heteroatoms. The second-order valence-corrected chi connectivity index (χ2v) is 8.20. The van der Waals surface area contributed by atoms with Crippen LogP contribution in [0.5, 0.6) is 0 Å². The van der Waals surface area contributed by atoms with Crippen molar-refractivity contribution in [2.75, 3.05) is 18.0 Å². The summed E-state index contributed by atoms with van der Waals surface area (Å²) in [5.41, 5.74) is 8.32. The van der Waals surface area contributed by atoms with Gasteiger partial charge in [-0.15, -0.1) is 5.92 Å². The van der Waals surface area contributed by atoms with Gasteiger partial charge < -0.3 is 10.6 Å². The monoisotopic (exact) mass is 440 g/mol. The van der Waals surface area contributed by atoms with Gasteiger partial charge in [-0.2, -0.15) is 10.2 Å². The van der Waals surface area contributed by atoms with Crippen LogP contribution in [0.2, 0.25) is 0 Å². The van der Waals surface area contributed by atoms with Crippen LogP contribution in [0.3, 0.4) is 0 Å². The van der Waals surface area contributed by atoms with Crippen LogP contribution in [-0.4, -0.2) is 42.6 Å². The number of rotatable bonds is 4. The Kier molecular flexibility index (Phi) is 5.33. The van der Waals surface area contributed by atoms with Gasteiger partial charge in [-0.25, -0.2) is 4.98 Å². The lowest BCUT2D eigenvalue weighted by Crippen LogP contribution is -2.44. The van der Waals surface area contributed by atoms with E-state index in [1.807, 2.05) is 27.2 Å². The van der Waals surface area contributed by atoms with Crippen LogP contribution >= 0.6 is 0 Å².